The lowest BCUT2D eigenvalue weighted by Crippen LogP contribution is -1.88. The molecule has 0 aliphatic heterocycles. The molecule has 1 N–H and O–H groups in total. The van der Waals surface area contributed by atoms with Gasteiger partial charge in [0.05, 0.1) is 16.1 Å². The molecule has 0 aromatic heterocycles. The van der Waals surface area contributed by atoms with Crippen LogP contribution in [-0.2, 0) is 0 Å². The quantitative estimate of drug-likeness (QED) is 0.817. The normalized spacial score (nSPS) is 10.6. The van der Waals surface area contributed by atoms with Crippen molar-refractivity contribution < 1.29 is 9.84 Å². The lowest BCUT2D eigenvalue weighted by Gasteiger charge is -2.09. The summed E-state index contributed by atoms with van der Waals surface area (Å²) in [6.45, 7) is 2.01. The van der Waals surface area contributed by atoms with Crippen molar-refractivity contribution in [2.45, 2.75) is 6.92 Å². The second kappa shape index (κ2) is 3.89. The van der Waals surface area contributed by atoms with Crippen LogP contribution in [0.3, 0.4) is 0 Å². The predicted molar refractivity (Wildman–Crippen MR) is 69.6 cm³/mol. The molecule has 2 rings (SSSR count). The Hall–Kier alpha value is -0.970. The summed E-state index contributed by atoms with van der Waals surface area (Å²) >= 11 is 2.11. The van der Waals surface area contributed by atoms with E-state index in [2.05, 4.69) is 22.6 Å². The number of phenolic OH excluding ortho intramolecular Hbond substituents is 1. The van der Waals surface area contributed by atoms with E-state index in [-0.39, 0.29) is 0 Å². The van der Waals surface area contributed by atoms with Crippen molar-refractivity contribution in [2.24, 2.45) is 0 Å². The molecule has 0 atom stereocenters. The molecule has 0 unspecified atom stereocenters. The summed E-state index contributed by atoms with van der Waals surface area (Å²) in [6.07, 6.45) is 0. The fourth-order valence-electron chi connectivity index (χ4n) is 1.69. The highest BCUT2D eigenvalue weighted by atomic mass is 127. The lowest BCUT2D eigenvalue weighted by molar-refractivity contribution is 0.415. The Balaban J connectivity index is 2.91. The fourth-order valence-corrected chi connectivity index (χ4v) is 2.14. The molecule has 0 spiro atoms. The van der Waals surface area contributed by atoms with E-state index >= 15 is 0 Å². The Labute approximate surface area is 102 Å². The minimum Gasteiger partial charge on any atom is -0.506 e. The van der Waals surface area contributed by atoms with Crippen LogP contribution >= 0.6 is 22.6 Å². The standard InChI is InChI=1S/C12H11IO2/c1-7-5-8-3-4-9(13)12(14)11(8)10(6-7)15-2/h3-6,14H,1-2H3. The fraction of sp³-hybridized carbons (Fsp3) is 0.167. The van der Waals surface area contributed by atoms with Crippen LogP contribution in [0.5, 0.6) is 11.5 Å². The maximum absolute atomic E-state index is 9.97. The third-order valence-corrected chi connectivity index (χ3v) is 3.24. The van der Waals surface area contributed by atoms with E-state index < -0.39 is 0 Å². The van der Waals surface area contributed by atoms with E-state index in [4.69, 9.17) is 4.74 Å². The first-order valence-corrected chi connectivity index (χ1v) is 5.67. The average Bonchev–Trinajstić information content (AvgIpc) is 2.22. The van der Waals surface area contributed by atoms with E-state index in [1.807, 2.05) is 31.2 Å². The highest BCUT2D eigenvalue weighted by Crippen LogP contribution is 2.37. The van der Waals surface area contributed by atoms with Crippen LogP contribution in [-0.4, -0.2) is 12.2 Å². The zero-order chi connectivity index (χ0) is 11.0. The van der Waals surface area contributed by atoms with Crippen LogP contribution < -0.4 is 4.74 Å². The zero-order valence-corrected chi connectivity index (χ0v) is 10.7. The van der Waals surface area contributed by atoms with E-state index in [1.165, 1.54) is 0 Å². The van der Waals surface area contributed by atoms with Gasteiger partial charge in [-0.1, -0.05) is 12.1 Å². The number of hydrogen-bond acceptors (Lipinski definition) is 2. The molecule has 78 valence electrons. The third-order valence-electron chi connectivity index (χ3n) is 2.37. The number of ether oxygens (including phenoxy) is 1. The van der Waals surface area contributed by atoms with Gasteiger partial charge in [-0.2, -0.15) is 0 Å². The van der Waals surface area contributed by atoms with E-state index in [9.17, 15) is 5.11 Å². The number of phenols is 1. The first-order valence-electron chi connectivity index (χ1n) is 4.59. The molecule has 0 aliphatic rings. The first-order chi connectivity index (χ1) is 7.13. The van der Waals surface area contributed by atoms with Gasteiger partial charge in [-0.05, 0) is 52.6 Å². The molecule has 2 aromatic rings. The van der Waals surface area contributed by atoms with Crippen molar-refractivity contribution >= 4 is 33.4 Å². The number of fused-ring (bicyclic) bond motifs is 1. The van der Waals surface area contributed by atoms with Crippen molar-refractivity contribution in [3.8, 4) is 11.5 Å². The molecule has 15 heavy (non-hydrogen) atoms. The number of aryl methyl sites for hydroxylation is 1. The summed E-state index contributed by atoms with van der Waals surface area (Å²) in [5, 5.41) is 11.8. The number of aromatic hydroxyl groups is 1. The SMILES string of the molecule is COc1cc(C)cc2ccc(I)c(O)c12. The molecular weight excluding hydrogens is 303 g/mol. The Morgan fingerprint density at radius 3 is 2.67 bits per heavy atom. The Morgan fingerprint density at radius 1 is 1.27 bits per heavy atom. The van der Waals surface area contributed by atoms with Gasteiger partial charge in [-0.25, -0.2) is 0 Å². The van der Waals surface area contributed by atoms with Crippen molar-refractivity contribution in [1.82, 2.24) is 0 Å². The number of benzene rings is 2. The Kier molecular flexibility index (Phi) is 2.73. The lowest BCUT2D eigenvalue weighted by atomic mass is 10.1. The van der Waals surface area contributed by atoms with Crippen LogP contribution in [0.15, 0.2) is 24.3 Å². The first kappa shape index (κ1) is 10.5. The number of rotatable bonds is 1. The summed E-state index contributed by atoms with van der Waals surface area (Å²) in [6, 6.07) is 7.86. The smallest absolute Gasteiger partial charge is 0.140 e. The Bertz CT molecular complexity index is 521. The van der Waals surface area contributed by atoms with E-state index in [0.29, 0.717) is 5.75 Å². The number of halogens is 1. The zero-order valence-electron chi connectivity index (χ0n) is 8.54. The summed E-state index contributed by atoms with van der Waals surface area (Å²) < 4.78 is 6.12. The average molecular weight is 314 g/mol. The molecule has 3 heteroatoms. The second-order valence-electron chi connectivity index (χ2n) is 3.46. The second-order valence-corrected chi connectivity index (χ2v) is 4.62. The molecule has 0 saturated heterocycles. The summed E-state index contributed by atoms with van der Waals surface area (Å²) in [5.41, 5.74) is 1.12. The highest BCUT2D eigenvalue weighted by Gasteiger charge is 2.10. The third kappa shape index (κ3) is 1.76. The summed E-state index contributed by atoms with van der Waals surface area (Å²) in [5.74, 6) is 1.02. The maximum Gasteiger partial charge on any atom is 0.140 e. The molecule has 0 aliphatic carbocycles. The highest BCUT2D eigenvalue weighted by molar-refractivity contribution is 14.1. The molecule has 0 radical (unpaired) electrons. The van der Waals surface area contributed by atoms with Crippen LogP contribution in [0.1, 0.15) is 5.56 Å². The van der Waals surface area contributed by atoms with E-state index in [1.54, 1.807) is 7.11 Å². The molecule has 2 nitrogen and oxygen atoms in total. The topological polar surface area (TPSA) is 29.5 Å². The van der Waals surface area contributed by atoms with Crippen molar-refractivity contribution in [3.63, 3.8) is 0 Å². The van der Waals surface area contributed by atoms with Gasteiger partial charge < -0.3 is 9.84 Å². The summed E-state index contributed by atoms with van der Waals surface area (Å²) in [7, 11) is 1.62. The molecule has 2 aromatic carbocycles. The van der Waals surface area contributed by atoms with E-state index in [0.717, 1.165) is 25.7 Å². The minimum absolute atomic E-state index is 0.296. The van der Waals surface area contributed by atoms with Crippen molar-refractivity contribution in [1.29, 1.82) is 0 Å². The summed E-state index contributed by atoms with van der Waals surface area (Å²) in [4.78, 5) is 0. The van der Waals surface area contributed by atoms with Gasteiger partial charge in [0.15, 0.2) is 0 Å². The maximum atomic E-state index is 9.97. The van der Waals surface area contributed by atoms with Gasteiger partial charge in [0.25, 0.3) is 0 Å². The molecule has 0 saturated carbocycles. The molecule has 0 heterocycles. The van der Waals surface area contributed by atoms with Gasteiger partial charge in [-0.3, -0.25) is 0 Å². The van der Waals surface area contributed by atoms with Gasteiger partial charge in [0.2, 0.25) is 0 Å². The van der Waals surface area contributed by atoms with Crippen molar-refractivity contribution in [3.05, 3.63) is 33.4 Å². The van der Waals surface area contributed by atoms with Crippen molar-refractivity contribution in [2.75, 3.05) is 7.11 Å². The minimum atomic E-state index is 0.296. The molecule has 0 amide bonds. The molecular formula is C12H11IO2. The largest absolute Gasteiger partial charge is 0.506 e. The monoisotopic (exact) mass is 314 g/mol. The molecule has 0 bridgehead atoms. The number of methoxy groups -OCH3 is 1. The predicted octanol–water partition coefficient (Wildman–Crippen LogP) is 3.47. The molecule has 0 fully saturated rings. The Morgan fingerprint density at radius 2 is 2.00 bits per heavy atom. The van der Waals surface area contributed by atoms with Gasteiger partial charge in [0.1, 0.15) is 11.5 Å². The van der Waals surface area contributed by atoms with Crippen LogP contribution in [0.2, 0.25) is 0 Å². The van der Waals surface area contributed by atoms with Crippen LogP contribution in [0.4, 0.5) is 0 Å². The van der Waals surface area contributed by atoms with Gasteiger partial charge >= 0.3 is 0 Å². The van der Waals surface area contributed by atoms with Gasteiger partial charge in [-0.15, -0.1) is 0 Å². The van der Waals surface area contributed by atoms with Gasteiger partial charge in [0, 0.05) is 0 Å². The van der Waals surface area contributed by atoms with Crippen LogP contribution in [0, 0.1) is 10.5 Å². The number of hydrogen-bond donors (Lipinski definition) is 1. The van der Waals surface area contributed by atoms with Crippen LogP contribution in [0.25, 0.3) is 10.8 Å².